The first-order chi connectivity index (χ1) is 15.5. The Hall–Kier alpha value is -2.74. The Balaban J connectivity index is 1.40. The van der Waals surface area contributed by atoms with Crippen molar-refractivity contribution >= 4 is 11.8 Å². The quantitative estimate of drug-likeness (QED) is 0.754. The van der Waals surface area contributed by atoms with Gasteiger partial charge in [0.1, 0.15) is 18.2 Å². The number of likely N-dealkylation sites (tertiary alicyclic amines) is 1. The number of benzene rings is 1. The van der Waals surface area contributed by atoms with E-state index in [-0.39, 0.29) is 30.2 Å². The smallest absolute Gasteiger partial charge is 0.410 e. The molecule has 3 atom stereocenters. The van der Waals surface area contributed by atoms with Crippen LogP contribution in [0.25, 0.3) is 11.1 Å². The highest BCUT2D eigenvalue weighted by Gasteiger charge is 2.33. The number of hydrogen-bond acceptors (Lipinski definition) is 6. The number of aliphatic hydroxyl groups is 1. The van der Waals surface area contributed by atoms with Gasteiger partial charge in [0, 0.05) is 37.1 Å². The second-order valence-electron chi connectivity index (χ2n) is 8.70. The summed E-state index contributed by atoms with van der Waals surface area (Å²) in [6.07, 6.45) is 8.37. The molecule has 1 aromatic carbocycles. The van der Waals surface area contributed by atoms with Crippen LogP contribution < -0.4 is 4.90 Å². The number of piperidine rings is 2. The lowest BCUT2D eigenvalue weighted by molar-refractivity contribution is 0.00823. The fourth-order valence-electron chi connectivity index (χ4n) is 4.73. The standard InChI is InChI=1S/C24H31FN4O3/c1-2-4-19-12-20(30)8-10-29(19)24(31)32-21-5-3-9-28(15-21)23-7-6-17(11-22(23)25)18-13-26-16-27-14-18/h6-7,11,13-14,16,19-21,30H,2-5,8-10,12,15H2,1H3. The van der Waals surface area contributed by atoms with E-state index in [4.69, 9.17) is 4.74 Å². The Labute approximate surface area is 188 Å². The SMILES string of the molecule is CCCC1CC(O)CCN1C(=O)OC1CCCN(c2ccc(-c3cncnc3)cc2F)C1. The maximum atomic E-state index is 15.0. The van der Waals surface area contributed by atoms with Crippen molar-refractivity contribution in [3.63, 3.8) is 0 Å². The van der Waals surface area contributed by atoms with Crippen LogP contribution in [0.1, 0.15) is 45.4 Å². The Morgan fingerprint density at radius 3 is 2.78 bits per heavy atom. The zero-order valence-electron chi connectivity index (χ0n) is 18.5. The molecule has 2 aliphatic rings. The number of aromatic nitrogens is 2. The van der Waals surface area contributed by atoms with Gasteiger partial charge in [0.15, 0.2) is 0 Å². The maximum Gasteiger partial charge on any atom is 0.410 e. The summed E-state index contributed by atoms with van der Waals surface area (Å²) in [5.74, 6) is -0.314. The van der Waals surface area contributed by atoms with Crippen LogP contribution in [0.5, 0.6) is 0 Å². The van der Waals surface area contributed by atoms with Gasteiger partial charge >= 0.3 is 6.09 Å². The van der Waals surface area contributed by atoms with E-state index in [1.54, 1.807) is 23.4 Å². The van der Waals surface area contributed by atoms with Gasteiger partial charge in [0.05, 0.1) is 18.3 Å². The number of rotatable bonds is 5. The number of hydrogen-bond donors (Lipinski definition) is 1. The van der Waals surface area contributed by atoms with Gasteiger partial charge in [-0.2, -0.15) is 0 Å². The summed E-state index contributed by atoms with van der Waals surface area (Å²) in [4.78, 5) is 24.6. The van der Waals surface area contributed by atoms with Crippen LogP contribution in [0.3, 0.4) is 0 Å². The third-order valence-corrected chi connectivity index (χ3v) is 6.37. The number of halogens is 1. The minimum absolute atomic E-state index is 0.0166. The first-order valence-corrected chi connectivity index (χ1v) is 11.5. The van der Waals surface area contributed by atoms with Gasteiger partial charge in [0.2, 0.25) is 0 Å². The third-order valence-electron chi connectivity index (χ3n) is 6.37. The van der Waals surface area contributed by atoms with Gasteiger partial charge < -0.3 is 19.6 Å². The summed E-state index contributed by atoms with van der Waals surface area (Å²) < 4.78 is 20.8. The van der Waals surface area contributed by atoms with Gasteiger partial charge in [-0.15, -0.1) is 0 Å². The summed E-state index contributed by atoms with van der Waals surface area (Å²) in [5.41, 5.74) is 1.99. The Kier molecular flexibility index (Phi) is 7.19. The third kappa shape index (κ3) is 5.18. The highest BCUT2D eigenvalue weighted by atomic mass is 19.1. The number of nitrogens with zero attached hydrogens (tertiary/aromatic N) is 4. The number of ether oxygens (including phenoxy) is 1. The molecule has 2 aromatic rings. The molecule has 4 rings (SSSR count). The first kappa shape index (κ1) is 22.5. The molecule has 2 fully saturated rings. The second kappa shape index (κ2) is 10.3. The molecule has 0 saturated carbocycles. The Morgan fingerprint density at radius 1 is 1.22 bits per heavy atom. The maximum absolute atomic E-state index is 15.0. The van der Waals surface area contributed by atoms with Crippen LogP contribution in [0.15, 0.2) is 36.9 Å². The van der Waals surface area contributed by atoms with Crippen LogP contribution >= 0.6 is 0 Å². The molecule has 1 amide bonds. The molecule has 0 bridgehead atoms. The van der Waals surface area contributed by atoms with Crippen molar-refractivity contribution in [1.29, 1.82) is 0 Å². The Bertz CT molecular complexity index is 913. The molecule has 32 heavy (non-hydrogen) atoms. The molecule has 0 aliphatic carbocycles. The van der Waals surface area contributed by atoms with Gasteiger partial charge in [-0.05, 0) is 49.8 Å². The molecule has 2 aliphatic heterocycles. The number of carbonyl (C=O) groups excluding carboxylic acids is 1. The van der Waals surface area contributed by atoms with E-state index >= 15 is 0 Å². The predicted molar refractivity (Wildman–Crippen MR) is 120 cm³/mol. The van der Waals surface area contributed by atoms with Gasteiger partial charge in [0.25, 0.3) is 0 Å². The molecule has 8 heteroatoms. The molecule has 7 nitrogen and oxygen atoms in total. The molecule has 1 aromatic heterocycles. The zero-order chi connectivity index (χ0) is 22.5. The predicted octanol–water partition coefficient (Wildman–Crippen LogP) is 4.01. The van der Waals surface area contributed by atoms with Crippen molar-refractivity contribution < 1.29 is 19.0 Å². The number of aliphatic hydroxyl groups excluding tert-OH is 1. The summed E-state index contributed by atoms with van der Waals surface area (Å²) in [7, 11) is 0. The number of amides is 1. The molecule has 0 spiro atoms. The van der Waals surface area contributed by atoms with Crippen molar-refractivity contribution in [2.45, 2.75) is 63.7 Å². The molecular weight excluding hydrogens is 411 g/mol. The van der Waals surface area contributed by atoms with Gasteiger partial charge in [-0.25, -0.2) is 19.2 Å². The van der Waals surface area contributed by atoms with E-state index in [2.05, 4.69) is 16.9 Å². The van der Waals surface area contributed by atoms with E-state index < -0.39 is 0 Å². The zero-order valence-corrected chi connectivity index (χ0v) is 18.5. The number of carbonyl (C=O) groups is 1. The van der Waals surface area contributed by atoms with E-state index in [1.807, 2.05) is 11.0 Å². The van der Waals surface area contributed by atoms with Crippen LogP contribution in [0.4, 0.5) is 14.9 Å². The van der Waals surface area contributed by atoms with Crippen LogP contribution in [-0.2, 0) is 4.74 Å². The van der Waals surface area contributed by atoms with Crippen molar-refractivity contribution in [2.75, 3.05) is 24.5 Å². The minimum atomic E-state index is -0.353. The molecule has 2 saturated heterocycles. The van der Waals surface area contributed by atoms with Gasteiger partial charge in [-0.3, -0.25) is 0 Å². The highest BCUT2D eigenvalue weighted by molar-refractivity contribution is 5.69. The average Bonchev–Trinajstić information content (AvgIpc) is 2.80. The van der Waals surface area contributed by atoms with E-state index in [0.29, 0.717) is 38.2 Å². The van der Waals surface area contributed by atoms with Gasteiger partial charge in [-0.1, -0.05) is 19.4 Å². The van der Waals surface area contributed by atoms with Crippen LogP contribution in [0.2, 0.25) is 0 Å². The van der Waals surface area contributed by atoms with Crippen molar-refractivity contribution in [1.82, 2.24) is 14.9 Å². The summed E-state index contributed by atoms with van der Waals surface area (Å²) >= 11 is 0. The average molecular weight is 443 g/mol. The lowest BCUT2D eigenvalue weighted by Gasteiger charge is -2.39. The topological polar surface area (TPSA) is 78.8 Å². The second-order valence-corrected chi connectivity index (χ2v) is 8.70. The van der Waals surface area contributed by atoms with Crippen molar-refractivity contribution in [2.24, 2.45) is 0 Å². The summed E-state index contributed by atoms with van der Waals surface area (Å²) in [6, 6.07) is 5.15. The molecular formula is C24H31FN4O3. The van der Waals surface area contributed by atoms with E-state index in [9.17, 15) is 14.3 Å². The number of anilines is 1. The van der Waals surface area contributed by atoms with Crippen molar-refractivity contribution in [3.05, 3.63) is 42.7 Å². The Morgan fingerprint density at radius 2 is 2.03 bits per heavy atom. The first-order valence-electron chi connectivity index (χ1n) is 11.5. The normalized spacial score (nSPS) is 23.8. The molecule has 172 valence electrons. The van der Waals surface area contributed by atoms with Crippen LogP contribution in [-0.4, -0.2) is 64.0 Å². The highest BCUT2D eigenvalue weighted by Crippen LogP contribution is 2.29. The fraction of sp³-hybridized carbons (Fsp3) is 0.542. The van der Waals surface area contributed by atoms with E-state index in [1.165, 1.54) is 12.4 Å². The fourth-order valence-corrected chi connectivity index (χ4v) is 4.73. The van der Waals surface area contributed by atoms with Crippen LogP contribution in [0, 0.1) is 5.82 Å². The monoisotopic (exact) mass is 442 g/mol. The lowest BCUT2D eigenvalue weighted by Crippen LogP contribution is -2.50. The molecule has 3 heterocycles. The minimum Gasteiger partial charge on any atom is -0.444 e. The largest absolute Gasteiger partial charge is 0.444 e. The van der Waals surface area contributed by atoms with Crippen molar-refractivity contribution in [3.8, 4) is 11.1 Å². The lowest BCUT2D eigenvalue weighted by atomic mass is 9.96. The molecule has 3 unspecified atom stereocenters. The van der Waals surface area contributed by atoms with E-state index in [0.717, 1.165) is 36.8 Å². The summed E-state index contributed by atoms with van der Waals surface area (Å²) in [6.45, 7) is 3.77. The molecule has 0 radical (unpaired) electrons. The summed E-state index contributed by atoms with van der Waals surface area (Å²) in [5, 5.41) is 9.98. The molecule has 1 N–H and O–H groups in total.